The second-order valence-electron chi connectivity index (χ2n) is 7.52. The number of hydrogen-bond acceptors (Lipinski definition) is 4. The number of carbonyl (C=O) groups is 3. The lowest BCUT2D eigenvalue weighted by Crippen LogP contribution is -2.19. The first-order valence-electron chi connectivity index (χ1n) is 10.4. The molecule has 0 aliphatic heterocycles. The number of aromatic amines is 1. The molecule has 0 aliphatic rings. The zero-order valence-electron chi connectivity index (χ0n) is 18.9. The molecule has 0 spiro atoms. The lowest BCUT2D eigenvalue weighted by atomic mass is 10.1. The molecule has 0 saturated heterocycles. The third-order valence-corrected chi connectivity index (χ3v) is 5.08. The molecule has 1 aromatic heterocycles. The molecule has 35 heavy (non-hydrogen) atoms. The number of aryl methyl sites for hydroxylation is 1. The van der Waals surface area contributed by atoms with Crippen molar-refractivity contribution in [2.45, 2.75) is 26.9 Å². The summed E-state index contributed by atoms with van der Waals surface area (Å²) in [7, 11) is 0. The maximum atomic E-state index is 13.7. The monoisotopic (exact) mass is 491 g/mol. The normalized spacial score (nSPS) is 11.2. The summed E-state index contributed by atoms with van der Waals surface area (Å²) in [4.78, 5) is 39.9. The van der Waals surface area contributed by atoms with Crippen molar-refractivity contribution in [3.8, 4) is 0 Å². The summed E-state index contributed by atoms with van der Waals surface area (Å²) in [6, 6.07) is 7.33. The molecule has 0 atom stereocenters. The Labute approximate surface area is 197 Å². The molecule has 7 nitrogen and oxygen atoms in total. The van der Waals surface area contributed by atoms with E-state index < -0.39 is 41.0 Å². The van der Waals surface area contributed by atoms with Gasteiger partial charge in [0.25, 0.3) is 11.8 Å². The van der Waals surface area contributed by atoms with E-state index in [1.165, 1.54) is 32.0 Å². The highest BCUT2D eigenvalue weighted by atomic mass is 19.4. The first kappa shape index (κ1) is 25.5. The summed E-state index contributed by atoms with van der Waals surface area (Å²) in [5, 5.41) is 4.52. The molecule has 1 heterocycles. The number of amides is 2. The Bertz CT molecular complexity index is 1280. The smallest absolute Gasteiger partial charge is 0.418 e. The van der Waals surface area contributed by atoms with Crippen LogP contribution in [0, 0.1) is 19.7 Å². The molecular formula is C24H21F4N3O4. The van der Waals surface area contributed by atoms with Gasteiger partial charge in [-0.2, -0.15) is 13.2 Å². The average molecular weight is 491 g/mol. The molecule has 11 heteroatoms. The van der Waals surface area contributed by atoms with E-state index in [1.54, 1.807) is 6.92 Å². The molecule has 3 rings (SSSR count). The van der Waals surface area contributed by atoms with Crippen LogP contribution in [-0.4, -0.2) is 29.4 Å². The summed E-state index contributed by atoms with van der Waals surface area (Å²) >= 11 is 0. The van der Waals surface area contributed by atoms with Crippen LogP contribution in [0.4, 0.5) is 28.9 Å². The van der Waals surface area contributed by atoms with Crippen LogP contribution in [0.1, 0.15) is 54.9 Å². The van der Waals surface area contributed by atoms with Gasteiger partial charge in [-0.05, 0) is 68.8 Å². The molecule has 2 amide bonds. The summed E-state index contributed by atoms with van der Waals surface area (Å²) < 4.78 is 59.2. The second kappa shape index (κ2) is 10.00. The second-order valence-corrected chi connectivity index (χ2v) is 7.52. The quantitative estimate of drug-likeness (QED) is 0.314. The highest BCUT2D eigenvalue weighted by Gasteiger charge is 2.35. The highest BCUT2D eigenvalue weighted by molar-refractivity contribution is 6.08. The van der Waals surface area contributed by atoms with Crippen molar-refractivity contribution in [2.75, 3.05) is 17.2 Å². The van der Waals surface area contributed by atoms with Crippen LogP contribution >= 0.6 is 0 Å². The van der Waals surface area contributed by atoms with Crippen LogP contribution in [0.25, 0.3) is 0 Å². The van der Waals surface area contributed by atoms with E-state index in [0.29, 0.717) is 11.8 Å². The molecule has 2 aromatic carbocycles. The summed E-state index contributed by atoms with van der Waals surface area (Å²) in [6.07, 6.45) is -4.87. The van der Waals surface area contributed by atoms with E-state index >= 15 is 0 Å². The number of nitrogens with one attached hydrogen (secondary N) is 3. The van der Waals surface area contributed by atoms with E-state index in [2.05, 4.69) is 15.6 Å². The molecule has 0 aliphatic carbocycles. The van der Waals surface area contributed by atoms with Gasteiger partial charge in [0, 0.05) is 16.9 Å². The maximum Gasteiger partial charge on any atom is 0.418 e. The predicted molar refractivity (Wildman–Crippen MR) is 120 cm³/mol. The number of aromatic nitrogens is 1. The molecule has 0 saturated carbocycles. The van der Waals surface area contributed by atoms with Crippen LogP contribution in [0.15, 0.2) is 42.5 Å². The Morgan fingerprint density at radius 3 is 2.23 bits per heavy atom. The largest absolute Gasteiger partial charge is 0.462 e. The van der Waals surface area contributed by atoms with E-state index in [-0.39, 0.29) is 34.7 Å². The van der Waals surface area contributed by atoms with E-state index in [1.807, 2.05) is 0 Å². The predicted octanol–water partition coefficient (Wildman–Crippen LogP) is 5.47. The Morgan fingerprint density at radius 2 is 1.63 bits per heavy atom. The fourth-order valence-corrected chi connectivity index (χ4v) is 3.44. The van der Waals surface area contributed by atoms with Gasteiger partial charge in [-0.3, -0.25) is 9.59 Å². The topological polar surface area (TPSA) is 100 Å². The van der Waals surface area contributed by atoms with Gasteiger partial charge in [0.15, 0.2) is 0 Å². The molecule has 3 N–H and O–H groups in total. The van der Waals surface area contributed by atoms with Gasteiger partial charge in [0.2, 0.25) is 0 Å². The number of alkyl halides is 3. The lowest BCUT2D eigenvalue weighted by Gasteiger charge is -2.16. The van der Waals surface area contributed by atoms with Crippen LogP contribution in [-0.2, 0) is 10.9 Å². The van der Waals surface area contributed by atoms with E-state index in [9.17, 15) is 31.9 Å². The molecule has 3 aromatic rings. The van der Waals surface area contributed by atoms with E-state index in [4.69, 9.17) is 4.74 Å². The number of hydrogen-bond donors (Lipinski definition) is 3. The summed E-state index contributed by atoms with van der Waals surface area (Å²) in [6.45, 7) is 4.75. The number of rotatable bonds is 6. The third-order valence-electron chi connectivity index (χ3n) is 5.08. The first-order valence-corrected chi connectivity index (χ1v) is 10.4. The van der Waals surface area contributed by atoms with Crippen molar-refractivity contribution in [3.05, 3.63) is 81.9 Å². The zero-order valence-corrected chi connectivity index (χ0v) is 18.9. The fourth-order valence-electron chi connectivity index (χ4n) is 3.44. The molecule has 0 bridgehead atoms. The number of carbonyl (C=O) groups excluding carboxylic acids is 3. The number of benzene rings is 2. The minimum Gasteiger partial charge on any atom is -0.462 e. The summed E-state index contributed by atoms with van der Waals surface area (Å²) in [5.41, 5.74) is -1.27. The fraction of sp³-hybridized carbons (Fsp3) is 0.208. The van der Waals surface area contributed by atoms with Crippen LogP contribution in [0.2, 0.25) is 0 Å². The zero-order chi connectivity index (χ0) is 25.9. The third kappa shape index (κ3) is 5.68. The van der Waals surface area contributed by atoms with Crippen LogP contribution in [0.5, 0.6) is 0 Å². The molecule has 0 fully saturated rings. The molecule has 0 radical (unpaired) electrons. The number of anilines is 2. The Kier molecular flexibility index (Phi) is 7.28. The van der Waals surface area contributed by atoms with Gasteiger partial charge >= 0.3 is 12.1 Å². The Hall–Kier alpha value is -4.15. The molecular weight excluding hydrogens is 470 g/mol. The minimum atomic E-state index is -4.87. The van der Waals surface area contributed by atoms with Gasteiger partial charge in [-0.15, -0.1) is 0 Å². The lowest BCUT2D eigenvalue weighted by molar-refractivity contribution is -0.136. The van der Waals surface area contributed by atoms with Gasteiger partial charge in [-0.25, -0.2) is 9.18 Å². The SMILES string of the molecule is CCOC(=O)c1c(C)[nH]c(C(=O)Nc2ccc(NC(=O)c3ccc(F)cc3)cc2C(F)(F)F)c1C. The van der Waals surface area contributed by atoms with Crippen molar-refractivity contribution < 1.29 is 36.7 Å². The van der Waals surface area contributed by atoms with Gasteiger partial charge in [0.05, 0.1) is 23.4 Å². The van der Waals surface area contributed by atoms with Gasteiger partial charge in [-0.1, -0.05) is 0 Å². The van der Waals surface area contributed by atoms with Gasteiger partial charge < -0.3 is 20.4 Å². The van der Waals surface area contributed by atoms with Crippen molar-refractivity contribution in [2.24, 2.45) is 0 Å². The van der Waals surface area contributed by atoms with Gasteiger partial charge in [0.1, 0.15) is 11.5 Å². The number of esters is 1. The Morgan fingerprint density at radius 1 is 0.971 bits per heavy atom. The van der Waals surface area contributed by atoms with Crippen molar-refractivity contribution in [1.29, 1.82) is 0 Å². The van der Waals surface area contributed by atoms with Crippen molar-refractivity contribution in [1.82, 2.24) is 4.98 Å². The van der Waals surface area contributed by atoms with Crippen molar-refractivity contribution >= 4 is 29.2 Å². The van der Waals surface area contributed by atoms with E-state index in [0.717, 1.165) is 18.2 Å². The van der Waals surface area contributed by atoms with Crippen LogP contribution < -0.4 is 10.6 Å². The maximum absolute atomic E-state index is 13.7. The standard InChI is InChI=1S/C24H21F4N3O4/c1-4-35-23(34)19-12(2)20(29-13(19)3)22(33)31-18-10-9-16(11-17(18)24(26,27)28)30-21(32)14-5-7-15(25)8-6-14/h5-11,29H,4H2,1-3H3,(H,30,32)(H,31,33). The number of halogens is 4. The average Bonchev–Trinajstić information content (AvgIpc) is 3.08. The van der Waals surface area contributed by atoms with Crippen molar-refractivity contribution in [3.63, 3.8) is 0 Å². The Balaban J connectivity index is 1.88. The first-order chi connectivity index (χ1) is 16.4. The number of ether oxygens (including phenoxy) is 1. The molecule has 184 valence electrons. The minimum absolute atomic E-state index is 0.0485. The number of H-pyrrole nitrogens is 1. The summed E-state index contributed by atoms with van der Waals surface area (Å²) in [5.74, 6) is -2.86. The molecule has 0 unspecified atom stereocenters. The highest BCUT2D eigenvalue weighted by Crippen LogP contribution is 2.37. The van der Waals surface area contributed by atoms with Crippen LogP contribution in [0.3, 0.4) is 0 Å².